The van der Waals surface area contributed by atoms with Crippen molar-refractivity contribution in [1.82, 2.24) is 0 Å². The molecule has 0 amide bonds. The predicted molar refractivity (Wildman–Crippen MR) is 105 cm³/mol. The van der Waals surface area contributed by atoms with Crippen molar-refractivity contribution in [3.05, 3.63) is 23.3 Å². The standard InChI is InChI=1S/2C10H16O4.2Ca/c2*1-2-3-4-5-6-8(10(13)14)7-9(11)12;;/h2*7H,2-6H2,1H3,(H,11,12)(H,13,14);;/q;;2*+2/p-4. The minimum atomic E-state index is -1.49. The molecule has 0 aromatic carbocycles. The maximum Gasteiger partial charge on any atom is 2.00 e. The second-order valence-corrected chi connectivity index (χ2v) is 6.17. The summed E-state index contributed by atoms with van der Waals surface area (Å²) < 4.78 is 0. The summed E-state index contributed by atoms with van der Waals surface area (Å²) in [4.78, 5) is 41.1. The number of hydrogen-bond donors (Lipinski definition) is 0. The Hall–Kier alpha value is -0.121. The first kappa shape index (κ1) is 37.2. The molecule has 0 unspecified atom stereocenters. The van der Waals surface area contributed by atoms with Gasteiger partial charge in [-0.15, -0.1) is 0 Å². The van der Waals surface area contributed by atoms with E-state index in [1.165, 1.54) is 0 Å². The SMILES string of the molecule is CCCCCCC(=CC(=O)[O-])C(=O)[O-].CCCCCCC(=CC(=O)[O-])C(=O)[O-].[Ca+2].[Ca+2]. The first-order chi connectivity index (χ1) is 13.1. The fourth-order valence-electron chi connectivity index (χ4n) is 2.24. The minimum absolute atomic E-state index is 0. The zero-order valence-electron chi connectivity index (χ0n) is 17.9. The van der Waals surface area contributed by atoms with Gasteiger partial charge in [-0.2, -0.15) is 0 Å². The molecule has 0 fully saturated rings. The van der Waals surface area contributed by atoms with Crippen molar-refractivity contribution in [3.8, 4) is 0 Å². The van der Waals surface area contributed by atoms with E-state index in [4.69, 9.17) is 0 Å². The largest absolute Gasteiger partial charge is 2.00 e. The molecule has 0 atom stereocenters. The van der Waals surface area contributed by atoms with E-state index < -0.39 is 23.9 Å². The third-order valence-electron chi connectivity index (χ3n) is 3.71. The van der Waals surface area contributed by atoms with Crippen LogP contribution in [0.3, 0.4) is 0 Å². The van der Waals surface area contributed by atoms with Crippen molar-refractivity contribution in [2.24, 2.45) is 0 Å². The number of unbranched alkanes of at least 4 members (excludes halogenated alkanes) is 6. The maximum atomic E-state index is 10.4. The van der Waals surface area contributed by atoms with E-state index in [1.807, 2.05) is 13.8 Å². The number of carbonyl (C=O) groups is 4. The van der Waals surface area contributed by atoms with Gasteiger partial charge in [0.25, 0.3) is 0 Å². The van der Waals surface area contributed by atoms with E-state index in [0.29, 0.717) is 25.0 Å². The molecule has 0 radical (unpaired) electrons. The molecule has 0 N–H and O–H groups in total. The summed E-state index contributed by atoms with van der Waals surface area (Å²) in [5.41, 5.74) is -0.387. The van der Waals surface area contributed by atoms with Crippen molar-refractivity contribution < 1.29 is 39.6 Å². The van der Waals surface area contributed by atoms with Crippen LogP contribution in [0.25, 0.3) is 0 Å². The minimum Gasteiger partial charge on any atom is -0.545 e. The number of aliphatic carboxylic acids is 4. The van der Waals surface area contributed by atoms with Crippen LogP contribution in [0.5, 0.6) is 0 Å². The molecule has 0 heterocycles. The van der Waals surface area contributed by atoms with Crippen LogP contribution in [0.2, 0.25) is 0 Å². The van der Waals surface area contributed by atoms with Crippen LogP contribution in [-0.2, 0) is 19.2 Å². The van der Waals surface area contributed by atoms with Gasteiger partial charge in [0.05, 0.1) is 23.9 Å². The van der Waals surface area contributed by atoms with E-state index in [2.05, 4.69) is 0 Å². The van der Waals surface area contributed by atoms with Crippen LogP contribution in [-0.4, -0.2) is 99.4 Å². The zero-order valence-corrected chi connectivity index (χ0v) is 22.3. The van der Waals surface area contributed by atoms with Gasteiger partial charge < -0.3 is 39.6 Å². The van der Waals surface area contributed by atoms with Crippen LogP contribution in [0.15, 0.2) is 23.3 Å². The van der Waals surface area contributed by atoms with Crippen LogP contribution in [0.1, 0.15) is 78.1 Å². The first-order valence-electron chi connectivity index (χ1n) is 9.41. The smallest absolute Gasteiger partial charge is 0.545 e. The Balaban J connectivity index is -0.000000211. The number of carbonyl (C=O) groups excluding carboxylic acids is 4. The van der Waals surface area contributed by atoms with Gasteiger partial charge in [-0.3, -0.25) is 0 Å². The Morgan fingerprint density at radius 3 is 1.07 bits per heavy atom. The Kier molecular flexibility index (Phi) is 31.2. The van der Waals surface area contributed by atoms with Gasteiger partial charge in [0.2, 0.25) is 0 Å². The van der Waals surface area contributed by atoms with Crippen molar-refractivity contribution >= 4 is 99.4 Å². The summed E-state index contributed by atoms with van der Waals surface area (Å²) >= 11 is 0. The fourth-order valence-corrected chi connectivity index (χ4v) is 2.24. The summed E-state index contributed by atoms with van der Waals surface area (Å²) in [6.07, 6.45) is 8.92. The van der Waals surface area contributed by atoms with E-state index >= 15 is 0 Å². The van der Waals surface area contributed by atoms with E-state index in [0.717, 1.165) is 38.5 Å². The maximum absolute atomic E-state index is 10.4. The van der Waals surface area contributed by atoms with Crippen molar-refractivity contribution in [2.45, 2.75) is 78.1 Å². The third-order valence-corrected chi connectivity index (χ3v) is 3.71. The number of hydrogen-bond acceptors (Lipinski definition) is 8. The van der Waals surface area contributed by atoms with Gasteiger partial charge in [0.1, 0.15) is 0 Å². The summed E-state index contributed by atoms with van der Waals surface area (Å²) in [6.45, 7) is 4.08. The van der Waals surface area contributed by atoms with Crippen LogP contribution >= 0.6 is 0 Å². The summed E-state index contributed by atoms with van der Waals surface area (Å²) in [5.74, 6) is -5.82. The van der Waals surface area contributed by atoms with E-state index in [-0.39, 0.29) is 99.5 Å². The molecule has 0 aliphatic carbocycles. The average molecular weight is 477 g/mol. The predicted octanol–water partition coefficient (Wildman–Crippen LogP) is -2.00. The van der Waals surface area contributed by atoms with Gasteiger partial charge in [-0.1, -0.05) is 52.4 Å². The molecular formula is C20H28Ca2O8. The molecule has 0 rings (SSSR count). The molecule has 0 bridgehead atoms. The van der Waals surface area contributed by atoms with Gasteiger partial charge >= 0.3 is 75.5 Å². The first-order valence-corrected chi connectivity index (χ1v) is 9.41. The zero-order chi connectivity index (χ0) is 21.9. The van der Waals surface area contributed by atoms with Crippen LogP contribution < -0.4 is 20.4 Å². The van der Waals surface area contributed by atoms with Crippen molar-refractivity contribution in [1.29, 1.82) is 0 Å². The molecule has 0 aliphatic heterocycles. The Morgan fingerprint density at radius 1 is 0.567 bits per heavy atom. The number of rotatable bonds is 14. The Morgan fingerprint density at radius 2 is 0.867 bits per heavy atom. The molecule has 160 valence electrons. The second kappa shape index (κ2) is 25.1. The molecular weight excluding hydrogens is 448 g/mol. The number of carboxylic acids is 4. The normalized spacial score (nSPS) is 10.6. The second-order valence-electron chi connectivity index (χ2n) is 6.17. The molecule has 30 heavy (non-hydrogen) atoms. The molecule has 0 aromatic rings. The molecule has 0 saturated carbocycles. The summed E-state index contributed by atoms with van der Waals surface area (Å²) in [6, 6.07) is 0. The monoisotopic (exact) mass is 476 g/mol. The van der Waals surface area contributed by atoms with Gasteiger partial charge in [0, 0.05) is 0 Å². The van der Waals surface area contributed by atoms with Crippen LogP contribution in [0.4, 0.5) is 0 Å². The van der Waals surface area contributed by atoms with E-state index in [9.17, 15) is 39.6 Å². The topological polar surface area (TPSA) is 161 Å². The number of carboxylic acid groups (broad SMARTS) is 4. The molecule has 10 heteroatoms. The average Bonchev–Trinajstić information content (AvgIpc) is 2.60. The Bertz CT molecular complexity index is 521. The summed E-state index contributed by atoms with van der Waals surface area (Å²) in [5, 5.41) is 41.1. The van der Waals surface area contributed by atoms with Crippen molar-refractivity contribution in [2.75, 3.05) is 0 Å². The van der Waals surface area contributed by atoms with E-state index in [1.54, 1.807) is 0 Å². The quantitative estimate of drug-likeness (QED) is 0.158. The third kappa shape index (κ3) is 25.9. The summed E-state index contributed by atoms with van der Waals surface area (Å²) in [7, 11) is 0. The molecule has 8 nitrogen and oxygen atoms in total. The van der Waals surface area contributed by atoms with Crippen molar-refractivity contribution in [3.63, 3.8) is 0 Å². The molecule has 0 spiro atoms. The molecule has 0 aromatic heterocycles. The molecule has 0 saturated heterocycles. The van der Waals surface area contributed by atoms with Gasteiger partial charge in [0.15, 0.2) is 0 Å². The molecule has 0 aliphatic rings. The van der Waals surface area contributed by atoms with Crippen LogP contribution in [0, 0.1) is 0 Å². The fraction of sp³-hybridized carbons (Fsp3) is 0.600. The Labute approximate surface area is 237 Å². The van der Waals surface area contributed by atoms with Gasteiger partial charge in [-0.05, 0) is 49.0 Å². The van der Waals surface area contributed by atoms with Gasteiger partial charge in [-0.25, -0.2) is 0 Å².